The van der Waals surface area contributed by atoms with E-state index in [1.807, 2.05) is 0 Å². The van der Waals surface area contributed by atoms with Gasteiger partial charge in [-0.3, -0.25) is 81.5 Å². The van der Waals surface area contributed by atoms with Gasteiger partial charge in [0.1, 0.15) is 72.2 Å². The standard InChI is InChI=1S/C73H92N18O20S2/c1-36(92)62(91-66(104)48(21-24-58(75)96)84-71(109)55(34-112)81-37(2)93)73(111)89-53(29-41-32-79-46-15-9-7-13-44(41)46)69(107)82-47(20-23-57(74)95)65(103)90-56(35-113)72(110)86-51(27-39-16-18-42(94)19-17-39)68(106)87-52(28-40-31-78-45-14-8-6-12-43(40)45)70(108)85-50(26-38-10-4-3-5-11-38)67(105)83-49(22-25-61(99)100)64(102)88-54(30-59(76)97)63(101)80-33-60(77)98/h3-19,31-32,36,47-56,62,78-79,92,94,112-113H,20-30,33-35H2,1-2H3,(H2,74,95)(H2,75,96)(H2,76,97)(H2,77,98)(H,80,101)(H,81,93)(H,82,107)(H,83,105)(H,84,109)(H,85,108)(H,86,110)(H,87,106)(H,88,102)(H,89,111)(H,90,103)(H,91,104)(H,99,100)/t36-,47+,48+,49+,50+,51+,52+,53+,54+,55+,56+,62+/m1/s1. The number of carboxylic acids is 1. The molecule has 2 aromatic heterocycles. The van der Waals surface area contributed by atoms with Crippen LogP contribution >= 0.6 is 25.3 Å². The van der Waals surface area contributed by atoms with Gasteiger partial charge in [-0.1, -0.05) is 78.9 Å². The van der Waals surface area contributed by atoms with Crippen molar-refractivity contribution in [3.05, 3.63) is 138 Å². The molecule has 606 valence electrons. The van der Waals surface area contributed by atoms with Crippen molar-refractivity contribution < 1.29 is 96.8 Å². The molecule has 0 saturated carbocycles. The van der Waals surface area contributed by atoms with Crippen molar-refractivity contribution in [2.75, 3.05) is 18.1 Å². The van der Waals surface area contributed by atoms with Crippen LogP contribution in [-0.2, 0) is 107 Å². The molecule has 2 heterocycles. The van der Waals surface area contributed by atoms with Crippen molar-refractivity contribution in [3.63, 3.8) is 0 Å². The number of aliphatic hydroxyl groups is 1. The summed E-state index contributed by atoms with van der Waals surface area (Å²) in [5, 5.41) is 61.4. The van der Waals surface area contributed by atoms with Crippen molar-refractivity contribution in [1.29, 1.82) is 0 Å². The van der Waals surface area contributed by atoms with Crippen LogP contribution in [0.1, 0.15) is 81.0 Å². The quantitative estimate of drug-likeness (QED) is 0.0159. The van der Waals surface area contributed by atoms with Crippen LogP contribution in [0.3, 0.4) is 0 Å². The second kappa shape index (κ2) is 43.7. The molecular weight excluding hydrogens is 1510 g/mol. The maximum absolute atomic E-state index is 15.2. The van der Waals surface area contributed by atoms with Gasteiger partial charge >= 0.3 is 5.97 Å². The fourth-order valence-electron chi connectivity index (χ4n) is 11.7. The van der Waals surface area contributed by atoms with E-state index in [-0.39, 0.29) is 30.8 Å². The van der Waals surface area contributed by atoms with E-state index < -0.39 is 237 Å². The van der Waals surface area contributed by atoms with Gasteiger partial charge in [0.25, 0.3) is 0 Å². The predicted octanol–water partition coefficient (Wildman–Crippen LogP) is -4.91. The molecule has 0 aliphatic carbocycles. The molecule has 0 saturated heterocycles. The van der Waals surface area contributed by atoms with Crippen LogP contribution in [0.2, 0.25) is 0 Å². The lowest BCUT2D eigenvalue weighted by Gasteiger charge is -2.29. The maximum Gasteiger partial charge on any atom is 0.303 e. The number of H-pyrrole nitrogens is 2. The summed E-state index contributed by atoms with van der Waals surface area (Å²) in [6.45, 7) is 1.51. The molecule has 40 heteroatoms. The fraction of sp³-hybridized carbons (Fsp3) is 0.384. The van der Waals surface area contributed by atoms with E-state index in [0.29, 0.717) is 44.1 Å². The Balaban J connectivity index is 1.31. The minimum absolute atomic E-state index is 0.193. The van der Waals surface area contributed by atoms with Crippen LogP contribution in [0.5, 0.6) is 5.75 Å². The molecule has 4 aromatic carbocycles. The summed E-state index contributed by atoms with van der Waals surface area (Å²) in [4.78, 5) is 236. The zero-order chi connectivity index (χ0) is 83.2. The Labute approximate surface area is 656 Å². The molecule has 25 N–H and O–H groups in total. The molecule has 6 rings (SSSR count). The first-order chi connectivity index (χ1) is 53.6. The molecule has 12 atom stereocenters. The lowest BCUT2D eigenvalue weighted by Crippen LogP contribution is -2.62. The number of primary amides is 4. The molecule has 0 unspecified atom stereocenters. The van der Waals surface area contributed by atoms with Gasteiger partial charge < -0.3 is 112 Å². The number of aliphatic carboxylic acids is 1. The highest BCUT2D eigenvalue weighted by Gasteiger charge is 2.39. The van der Waals surface area contributed by atoms with Crippen LogP contribution in [0.4, 0.5) is 0 Å². The molecule has 0 radical (unpaired) electrons. The number of rotatable bonds is 46. The van der Waals surface area contributed by atoms with Crippen LogP contribution in [0, 0.1) is 0 Å². The Morgan fingerprint density at radius 2 is 0.743 bits per heavy atom. The van der Waals surface area contributed by atoms with Gasteiger partial charge in [-0.25, -0.2) is 0 Å². The summed E-state index contributed by atoms with van der Waals surface area (Å²) in [6.07, 6.45) is -4.36. The number of carbonyl (C=O) groups excluding carboxylic acids is 16. The number of carbonyl (C=O) groups is 17. The number of amides is 16. The molecular formula is C73H92N18O20S2. The molecule has 0 aliphatic heterocycles. The van der Waals surface area contributed by atoms with E-state index >= 15 is 9.59 Å². The topological polar surface area (TPSA) is 631 Å². The van der Waals surface area contributed by atoms with Crippen LogP contribution in [-0.4, -0.2) is 216 Å². The number of fused-ring (bicyclic) bond motifs is 2. The zero-order valence-corrected chi connectivity index (χ0v) is 63.1. The first kappa shape index (κ1) is 89.3. The minimum Gasteiger partial charge on any atom is -0.508 e. The van der Waals surface area contributed by atoms with Gasteiger partial charge in [-0.2, -0.15) is 25.3 Å². The number of hydrogen-bond acceptors (Lipinski definition) is 21. The second-order valence-corrected chi connectivity index (χ2v) is 27.1. The van der Waals surface area contributed by atoms with Crippen molar-refractivity contribution in [1.82, 2.24) is 73.8 Å². The monoisotopic (exact) mass is 1600 g/mol. The normalized spacial score (nSPS) is 14.2. The number of phenolic OH excluding ortho intramolecular Hbond substituents is 1. The highest BCUT2D eigenvalue weighted by Crippen LogP contribution is 2.23. The molecule has 113 heavy (non-hydrogen) atoms. The highest BCUT2D eigenvalue weighted by molar-refractivity contribution is 7.80. The number of carboxylic acid groups (broad SMARTS) is 1. The van der Waals surface area contributed by atoms with Crippen molar-refractivity contribution in [2.45, 2.75) is 157 Å². The Kier molecular flexibility index (Phi) is 34.5. The maximum atomic E-state index is 15.2. The van der Waals surface area contributed by atoms with Gasteiger partial charge in [0, 0.05) is 97.6 Å². The molecule has 6 aromatic rings. The number of phenols is 1. The number of benzene rings is 4. The number of nitrogens with two attached hydrogens (primary N) is 4. The van der Waals surface area contributed by atoms with Gasteiger partial charge in [0.2, 0.25) is 94.5 Å². The summed E-state index contributed by atoms with van der Waals surface area (Å²) in [6, 6.07) is 8.42. The number of aromatic hydroxyl groups is 1. The molecule has 0 spiro atoms. The highest BCUT2D eigenvalue weighted by atomic mass is 32.1. The molecule has 38 nitrogen and oxygen atoms in total. The smallest absolute Gasteiger partial charge is 0.303 e. The Hall–Kier alpha value is -12.6. The van der Waals surface area contributed by atoms with E-state index in [0.717, 1.165) is 13.8 Å². The Morgan fingerprint density at radius 3 is 1.15 bits per heavy atom. The van der Waals surface area contributed by atoms with Gasteiger partial charge in [0.15, 0.2) is 0 Å². The predicted molar refractivity (Wildman–Crippen MR) is 412 cm³/mol. The zero-order valence-electron chi connectivity index (χ0n) is 61.3. The number of aromatic nitrogens is 2. The third-order valence-corrected chi connectivity index (χ3v) is 18.3. The van der Waals surface area contributed by atoms with E-state index in [4.69, 9.17) is 22.9 Å². The summed E-state index contributed by atoms with van der Waals surface area (Å²) in [5.41, 5.74) is 24.2. The Morgan fingerprint density at radius 1 is 0.389 bits per heavy atom. The lowest BCUT2D eigenvalue weighted by molar-refractivity contribution is -0.139. The van der Waals surface area contributed by atoms with E-state index in [1.54, 1.807) is 85.1 Å². The van der Waals surface area contributed by atoms with Crippen LogP contribution in [0.25, 0.3) is 21.8 Å². The average Bonchev–Trinajstić information content (AvgIpc) is 1.71. The largest absolute Gasteiger partial charge is 0.508 e. The summed E-state index contributed by atoms with van der Waals surface area (Å²) < 4.78 is 0. The van der Waals surface area contributed by atoms with Crippen LogP contribution < -0.4 is 86.7 Å². The number of aromatic amines is 2. The van der Waals surface area contributed by atoms with Gasteiger partial charge in [0.05, 0.1) is 19.1 Å². The Bertz CT molecular complexity index is 4450. The number of hydrogen-bond donors (Lipinski definition) is 23. The second-order valence-electron chi connectivity index (χ2n) is 26.4. The minimum atomic E-state index is -1.92. The lowest BCUT2D eigenvalue weighted by atomic mass is 10.00. The van der Waals surface area contributed by atoms with Crippen molar-refractivity contribution in [2.24, 2.45) is 22.9 Å². The first-order valence-electron chi connectivity index (χ1n) is 35.4. The molecule has 16 amide bonds. The van der Waals surface area contributed by atoms with E-state index in [9.17, 15) is 87.2 Å². The van der Waals surface area contributed by atoms with Gasteiger partial charge in [-0.05, 0) is 72.7 Å². The third kappa shape index (κ3) is 28.7. The number of nitrogens with one attached hydrogen (secondary N) is 14. The first-order valence-corrected chi connectivity index (χ1v) is 36.6. The van der Waals surface area contributed by atoms with Gasteiger partial charge in [-0.15, -0.1) is 0 Å². The molecule has 0 bridgehead atoms. The number of para-hydroxylation sites is 2. The third-order valence-electron chi connectivity index (χ3n) is 17.5. The van der Waals surface area contributed by atoms with Crippen molar-refractivity contribution in [3.8, 4) is 5.75 Å². The fourth-order valence-corrected chi connectivity index (χ4v) is 12.2. The SMILES string of the molecule is CC(=O)N[C@@H](CS)C(=O)N[C@@H](CCC(N)=O)C(=O)N[C@H](C(=O)N[C@@H](Cc1c[nH]c2ccccc12)C(=O)N[C@@H](CCC(N)=O)C(=O)N[C@@H](CS)C(=O)N[C@@H](Cc1ccc(O)cc1)C(=O)N[C@@H](Cc1c[nH]c2ccccc12)C(=O)N[C@@H](Cc1ccccc1)C(=O)N[C@@H](CCC(=O)O)C(=O)N[C@@H](CC(N)=O)C(=O)NCC(N)=O)[C@@H](C)O. The molecule has 0 fully saturated rings. The van der Waals surface area contributed by atoms with Crippen LogP contribution in [0.15, 0.2) is 116 Å². The number of thiol groups is 2. The van der Waals surface area contributed by atoms with E-state index in [2.05, 4.69) is 99.0 Å². The summed E-state index contributed by atoms with van der Waals surface area (Å²) in [7, 11) is 0. The summed E-state index contributed by atoms with van der Waals surface area (Å²) in [5.74, 6) is -19.1. The summed E-state index contributed by atoms with van der Waals surface area (Å²) >= 11 is 8.45. The van der Waals surface area contributed by atoms with E-state index in [1.165, 1.54) is 30.5 Å². The molecule has 0 aliphatic rings. The van der Waals surface area contributed by atoms with Crippen molar-refractivity contribution >= 4 is 148 Å². The average molecular weight is 1610 g/mol. The number of aliphatic hydroxyl groups excluding tert-OH is 1.